The van der Waals surface area contributed by atoms with Crippen molar-refractivity contribution in [2.75, 3.05) is 13.7 Å². The molecule has 0 aliphatic heterocycles. The summed E-state index contributed by atoms with van der Waals surface area (Å²) in [6, 6.07) is 5.81. The first kappa shape index (κ1) is 17.3. The van der Waals surface area contributed by atoms with E-state index in [2.05, 4.69) is 12.2 Å². The van der Waals surface area contributed by atoms with Gasteiger partial charge in [0.25, 0.3) is 0 Å². The Morgan fingerprint density at radius 3 is 2.52 bits per heavy atom. The number of amides is 2. The summed E-state index contributed by atoms with van der Waals surface area (Å²) in [5, 5.41) is 2.89. The smallest absolute Gasteiger partial charge is 0.317 e. The fraction of sp³-hybridized carbons (Fsp3) is 0.562. The summed E-state index contributed by atoms with van der Waals surface area (Å²) < 4.78 is 18.3. The topological polar surface area (TPSA) is 41.6 Å². The van der Waals surface area contributed by atoms with Crippen molar-refractivity contribution >= 4 is 6.03 Å². The summed E-state index contributed by atoms with van der Waals surface area (Å²) in [7, 11) is 1.79. The molecule has 1 aromatic carbocycles. The van der Waals surface area contributed by atoms with E-state index < -0.39 is 0 Å². The molecule has 0 fully saturated rings. The standard InChI is InChI=1S/C16H25FN2O2/c1-5-6-13(3)19(4)16(20)18-12(2)11-21-15-9-7-14(17)8-10-15/h7-10,12-13H,5-6,11H2,1-4H3,(H,18,20)/t12-,13-/m1/s1. The highest BCUT2D eigenvalue weighted by molar-refractivity contribution is 5.74. The van der Waals surface area contributed by atoms with Crippen LogP contribution in [0.4, 0.5) is 9.18 Å². The number of hydrogen-bond donors (Lipinski definition) is 1. The highest BCUT2D eigenvalue weighted by Gasteiger charge is 2.16. The van der Waals surface area contributed by atoms with Crippen molar-refractivity contribution in [3.63, 3.8) is 0 Å². The molecule has 21 heavy (non-hydrogen) atoms. The van der Waals surface area contributed by atoms with E-state index >= 15 is 0 Å². The van der Waals surface area contributed by atoms with Gasteiger partial charge >= 0.3 is 6.03 Å². The first-order valence-corrected chi connectivity index (χ1v) is 7.35. The van der Waals surface area contributed by atoms with Gasteiger partial charge in [-0.3, -0.25) is 0 Å². The molecule has 2 amide bonds. The molecule has 0 bridgehead atoms. The third kappa shape index (κ3) is 6.02. The lowest BCUT2D eigenvalue weighted by atomic mass is 10.2. The van der Waals surface area contributed by atoms with Gasteiger partial charge in [-0.05, 0) is 44.5 Å². The van der Waals surface area contributed by atoms with Crippen LogP contribution >= 0.6 is 0 Å². The van der Waals surface area contributed by atoms with Gasteiger partial charge in [-0.1, -0.05) is 13.3 Å². The van der Waals surface area contributed by atoms with Gasteiger partial charge in [0, 0.05) is 13.1 Å². The van der Waals surface area contributed by atoms with Crippen LogP contribution in [0.2, 0.25) is 0 Å². The molecule has 0 spiro atoms. The van der Waals surface area contributed by atoms with E-state index in [1.54, 1.807) is 24.1 Å². The SMILES string of the molecule is CCC[C@@H](C)N(C)C(=O)N[C@H](C)COc1ccc(F)cc1. The molecule has 2 atom stereocenters. The third-order valence-electron chi connectivity index (χ3n) is 3.37. The Balaban J connectivity index is 2.37. The molecule has 0 unspecified atom stereocenters. The molecular weight excluding hydrogens is 271 g/mol. The monoisotopic (exact) mass is 296 g/mol. The number of benzene rings is 1. The molecule has 1 rings (SSSR count). The minimum Gasteiger partial charge on any atom is -0.491 e. The number of rotatable bonds is 7. The lowest BCUT2D eigenvalue weighted by molar-refractivity contribution is 0.181. The van der Waals surface area contributed by atoms with Crippen molar-refractivity contribution in [3.8, 4) is 5.75 Å². The minimum absolute atomic E-state index is 0.105. The van der Waals surface area contributed by atoms with Gasteiger partial charge in [0.15, 0.2) is 0 Å². The van der Waals surface area contributed by atoms with Crippen molar-refractivity contribution in [3.05, 3.63) is 30.1 Å². The van der Waals surface area contributed by atoms with E-state index in [0.717, 1.165) is 12.8 Å². The van der Waals surface area contributed by atoms with Crippen LogP contribution in [0.5, 0.6) is 5.75 Å². The van der Waals surface area contributed by atoms with Crippen LogP contribution in [0.1, 0.15) is 33.6 Å². The van der Waals surface area contributed by atoms with Crippen LogP contribution in [0.25, 0.3) is 0 Å². The number of halogens is 1. The molecule has 0 saturated heterocycles. The molecule has 4 nitrogen and oxygen atoms in total. The van der Waals surface area contributed by atoms with E-state index in [1.807, 2.05) is 13.8 Å². The van der Waals surface area contributed by atoms with Crippen molar-refractivity contribution in [2.24, 2.45) is 0 Å². The number of urea groups is 1. The average Bonchev–Trinajstić information content (AvgIpc) is 2.46. The fourth-order valence-corrected chi connectivity index (χ4v) is 1.92. The molecule has 0 aromatic heterocycles. The maximum atomic E-state index is 12.8. The molecule has 0 heterocycles. The van der Waals surface area contributed by atoms with Gasteiger partial charge < -0.3 is 15.0 Å². The fourth-order valence-electron chi connectivity index (χ4n) is 1.92. The van der Waals surface area contributed by atoms with Gasteiger partial charge in [0.05, 0.1) is 6.04 Å². The Morgan fingerprint density at radius 1 is 1.33 bits per heavy atom. The first-order chi connectivity index (χ1) is 9.93. The molecule has 0 radical (unpaired) electrons. The maximum absolute atomic E-state index is 12.8. The van der Waals surface area contributed by atoms with Crippen molar-refractivity contribution in [1.29, 1.82) is 0 Å². The molecule has 0 aliphatic carbocycles. The molecule has 118 valence electrons. The van der Waals surface area contributed by atoms with Crippen LogP contribution in [0.15, 0.2) is 24.3 Å². The van der Waals surface area contributed by atoms with Crippen molar-refractivity contribution < 1.29 is 13.9 Å². The van der Waals surface area contributed by atoms with Gasteiger partial charge in [0.1, 0.15) is 18.2 Å². The Kier molecular flexibility index (Phi) is 6.99. The highest BCUT2D eigenvalue weighted by Crippen LogP contribution is 2.11. The van der Waals surface area contributed by atoms with Crippen molar-refractivity contribution in [1.82, 2.24) is 10.2 Å². The lowest BCUT2D eigenvalue weighted by Gasteiger charge is -2.26. The van der Waals surface area contributed by atoms with Crippen LogP contribution in [0, 0.1) is 5.82 Å². The Bertz CT molecular complexity index is 436. The van der Waals surface area contributed by atoms with E-state index in [1.165, 1.54) is 12.1 Å². The predicted octanol–water partition coefficient (Wildman–Crippen LogP) is 3.42. The van der Waals surface area contributed by atoms with Crippen molar-refractivity contribution in [2.45, 2.75) is 45.7 Å². The summed E-state index contributed by atoms with van der Waals surface area (Å²) in [6.45, 7) is 6.34. The van der Waals surface area contributed by atoms with Gasteiger partial charge in [0.2, 0.25) is 0 Å². The second-order valence-electron chi connectivity index (χ2n) is 5.36. The summed E-state index contributed by atoms with van der Waals surface area (Å²) >= 11 is 0. The predicted molar refractivity (Wildman–Crippen MR) is 82.0 cm³/mol. The number of nitrogens with zero attached hydrogens (tertiary/aromatic N) is 1. The number of carbonyl (C=O) groups excluding carboxylic acids is 1. The van der Waals surface area contributed by atoms with E-state index in [0.29, 0.717) is 12.4 Å². The quantitative estimate of drug-likeness (QED) is 0.837. The average molecular weight is 296 g/mol. The number of carbonyl (C=O) groups is 1. The molecule has 0 saturated carbocycles. The van der Waals surface area contributed by atoms with Crippen LogP contribution in [-0.4, -0.2) is 36.7 Å². The lowest BCUT2D eigenvalue weighted by Crippen LogP contribution is -2.47. The third-order valence-corrected chi connectivity index (χ3v) is 3.37. The van der Waals surface area contributed by atoms with E-state index in [4.69, 9.17) is 4.74 Å². The summed E-state index contributed by atoms with van der Waals surface area (Å²) in [6.07, 6.45) is 2.02. The second kappa shape index (κ2) is 8.49. The molecule has 1 aromatic rings. The Hall–Kier alpha value is -1.78. The molecule has 5 heteroatoms. The largest absolute Gasteiger partial charge is 0.491 e. The zero-order valence-electron chi connectivity index (χ0n) is 13.2. The Morgan fingerprint density at radius 2 is 1.95 bits per heavy atom. The molecule has 0 aliphatic rings. The van der Waals surface area contributed by atoms with Crippen LogP contribution < -0.4 is 10.1 Å². The van der Waals surface area contributed by atoms with E-state index in [9.17, 15) is 9.18 Å². The maximum Gasteiger partial charge on any atom is 0.317 e. The van der Waals surface area contributed by atoms with Gasteiger partial charge in [-0.25, -0.2) is 9.18 Å². The van der Waals surface area contributed by atoms with Gasteiger partial charge in [-0.15, -0.1) is 0 Å². The molecule has 1 N–H and O–H groups in total. The Labute approximate surface area is 126 Å². The second-order valence-corrected chi connectivity index (χ2v) is 5.36. The number of ether oxygens (including phenoxy) is 1. The van der Waals surface area contributed by atoms with E-state index in [-0.39, 0.29) is 23.9 Å². The van der Waals surface area contributed by atoms with Crippen LogP contribution in [-0.2, 0) is 0 Å². The summed E-state index contributed by atoms with van der Waals surface area (Å²) in [5.41, 5.74) is 0. The van der Waals surface area contributed by atoms with Gasteiger partial charge in [-0.2, -0.15) is 0 Å². The summed E-state index contributed by atoms with van der Waals surface area (Å²) in [4.78, 5) is 13.7. The molecular formula is C16H25FN2O2. The first-order valence-electron chi connectivity index (χ1n) is 7.35. The number of hydrogen-bond acceptors (Lipinski definition) is 2. The minimum atomic E-state index is -0.296. The normalized spacial score (nSPS) is 13.4. The zero-order chi connectivity index (χ0) is 15.8. The van der Waals surface area contributed by atoms with Crippen LogP contribution in [0.3, 0.4) is 0 Å². The number of nitrogens with one attached hydrogen (secondary N) is 1. The summed E-state index contributed by atoms with van der Waals surface area (Å²) in [5.74, 6) is 0.292. The zero-order valence-corrected chi connectivity index (χ0v) is 13.2. The highest BCUT2D eigenvalue weighted by atomic mass is 19.1.